The zero-order valence-electron chi connectivity index (χ0n) is 14.8. The van der Waals surface area contributed by atoms with Gasteiger partial charge in [-0.15, -0.1) is 10.2 Å². The standard InChI is InChI=1S/C20H15N5O3/c1-28-20(27)15-4-2-3-5-16(15)23-19(26)17-10-11-18(25-24-17)22-14-8-6-13(12-21)7-9-14/h2-11H,1H3,(H,22,25)(H,23,26). The Balaban J connectivity index is 1.70. The molecule has 0 aliphatic rings. The van der Waals surface area contributed by atoms with Gasteiger partial charge in [0, 0.05) is 5.69 Å². The zero-order valence-corrected chi connectivity index (χ0v) is 14.8. The maximum atomic E-state index is 12.4. The second-order valence-corrected chi connectivity index (χ2v) is 5.61. The number of ether oxygens (including phenoxy) is 1. The third kappa shape index (κ3) is 4.28. The molecule has 1 heterocycles. The lowest BCUT2D eigenvalue weighted by Gasteiger charge is -2.09. The first kappa shape index (κ1) is 18.5. The van der Waals surface area contributed by atoms with Crippen LogP contribution in [0.25, 0.3) is 0 Å². The quantitative estimate of drug-likeness (QED) is 0.660. The Morgan fingerprint density at radius 2 is 1.75 bits per heavy atom. The predicted molar refractivity (Wildman–Crippen MR) is 102 cm³/mol. The van der Waals surface area contributed by atoms with Crippen LogP contribution in [0.3, 0.4) is 0 Å². The molecule has 0 aliphatic carbocycles. The highest BCUT2D eigenvalue weighted by Crippen LogP contribution is 2.18. The number of methoxy groups -OCH3 is 1. The lowest BCUT2D eigenvalue weighted by molar-refractivity contribution is 0.0602. The average molecular weight is 373 g/mol. The summed E-state index contributed by atoms with van der Waals surface area (Å²) in [6.07, 6.45) is 0. The lowest BCUT2D eigenvalue weighted by atomic mass is 10.1. The third-order valence-electron chi connectivity index (χ3n) is 3.76. The number of nitriles is 1. The molecule has 0 fully saturated rings. The fraction of sp³-hybridized carbons (Fsp3) is 0.0500. The molecule has 0 atom stereocenters. The first-order chi connectivity index (χ1) is 13.6. The van der Waals surface area contributed by atoms with Crippen molar-refractivity contribution in [1.29, 1.82) is 5.26 Å². The Hall–Kier alpha value is -4.25. The van der Waals surface area contributed by atoms with E-state index in [0.29, 0.717) is 17.1 Å². The van der Waals surface area contributed by atoms with Crippen LogP contribution in [-0.2, 0) is 4.74 Å². The largest absolute Gasteiger partial charge is 0.465 e. The SMILES string of the molecule is COC(=O)c1ccccc1NC(=O)c1ccc(Nc2ccc(C#N)cc2)nn1. The molecule has 3 aromatic rings. The van der Waals surface area contributed by atoms with E-state index in [9.17, 15) is 9.59 Å². The number of esters is 1. The number of hydrogen-bond acceptors (Lipinski definition) is 7. The summed E-state index contributed by atoms with van der Waals surface area (Å²) in [6.45, 7) is 0. The molecule has 0 saturated carbocycles. The van der Waals surface area contributed by atoms with Crippen molar-refractivity contribution in [3.8, 4) is 6.07 Å². The van der Waals surface area contributed by atoms with Crippen LogP contribution < -0.4 is 10.6 Å². The van der Waals surface area contributed by atoms with Crippen molar-refractivity contribution >= 4 is 29.1 Å². The molecule has 2 N–H and O–H groups in total. The Morgan fingerprint density at radius 1 is 1.00 bits per heavy atom. The molecule has 0 spiro atoms. The normalized spacial score (nSPS) is 9.86. The fourth-order valence-corrected chi connectivity index (χ4v) is 2.36. The van der Waals surface area contributed by atoms with Crippen molar-refractivity contribution in [2.45, 2.75) is 0 Å². The van der Waals surface area contributed by atoms with Crippen LogP contribution >= 0.6 is 0 Å². The smallest absolute Gasteiger partial charge is 0.339 e. The molecule has 0 bridgehead atoms. The van der Waals surface area contributed by atoms with Crippen LogP contribution in [0, 0.1) is 11.3 Å². The number of rotatable bonds is 5. The number of carbonyl (C=O) groups is 2. The van der Waals surface area contributed by atoms with Gasteiger partial charge in [0.2, 0.25) is 0 Å². The van der Waals surface area contributed by atoms with Crippen LogP contribution in [0.2, 0.25) is 0 Å². The molecule has 8 nitrogen and oxygen atoms in total. The molecular formula is C20H15N5O3. The molecule has 1 aromatic heterocycles. The Morgan fingerprint density at radius 3 is 2.39 bits per heavy atom. The topological polar surface area (TPSA) is 117 Å². The van der Waals surface area contributed by atoms with E-state index in [-0.39, 0.29) is 11.3 Å². The molecule has 3 rings (SSSR count). The molecule has 0 radical (unpaired) electrons. The van der Waals surface area contributed by atoms with Crippen molar-refractivity contribution in [3.05, 3.63) is 77.5 Å². The van der Waals surface area contributed by atoms with E-state index >= 15 is 0 Å². The third-order valence-corrected chi connectivity index (χ3v) is 3.76. The molecule has 28 heavy (non-hydrogen) atoms. The average Bonchev–Trinajstić information content (AvgIpc) is 2.74. The van der Waals surface area contributed by atoms with Gasteiger partial charge in [-0.1, -0.05) is 12.1 Å². The highest BCUT2D eigenvalue weighted by Gasteiger charge is 2.15. The number of amides is 1. The number of hydrogen-bond donors (Lipinski definition) is 2. The maximum Gasteiger partial charge on any atom is 0.339 e. The predicted octanol–water partition coefficient (Wildman–Crippen LogP) is 3.13. The molecule has 0 saturated heterocycles. The summed E-state index contributed by atoms with van der Waals surface area (Å²) in [4.78, 5) is 24.2. The molecule has 0 unspecified atom stereocenters. The Labute approximate surface area is 160 Å². The van der Waals surface area contributed by atoms with Crippen LogP contribution in [0.15, 0.2) is 60.7 Å². The van der Waals surface area contributed by atoms with Crippen LogP contribution in [0.4, 0.5) is 17.2 Å². The minimum atomic E-state index is -0.552. The summed E-state index contributed by atoms with van der Waals surface area (Å²) in [5.41, 5.74) is 1.93. The number of nitrogens with zero attached hydrogens (tertiary/aromatic N) is 3. The van der Waals surface area contributed by atoms with Crippen molar-refractivity contribution in [1.82, 2.24) is 10.2 Å². The van der Waals surface area contributed by atoms with Crippen LogP contribution in [-0.4, -0.2) is 29.2 Å². The van der Waals surface area contributed by atoms with Crippen molar-refractivity contribution < 1.29 is 14.3 Å². The summed E-state index contributed by atoms with van der Waals surface area (Å²) >= 11 is 0. The fourth-order valence-electron chi connectivity index (χ4n) is 2.36. The van der Waals surface area contributed by atoms with Gasteiger partial charge in [-0.05, 0) is 48.5 Å². The van der Waals surface area contributed by atoms with Gasteiger partial charge in [-0.25, -0.2) is 4.79 Å². The number of para-hydroxylation sites is 1. The molecule has 1 amide bonds. The molecule has 0 aliphatic heterocycles. The van der Waals surface area contributed by atoms with Crippen molar-refractivity contribution in [2.75, 3.05) is 17.7 Å². The van der Waals surface area contributed by atoms with Crippen molar-refractivity contribution in [3.63, 3.8) is 0 Å². The van der Waals surface area contributed by atoms with E-state index in [1.807, 2.05) is 6.07 Å². The summed E-state index contributed by atoms with van der Waals surface area (Å²) in [7, 11) is 1.27. The Bertz CT molecular complexity index is 1040. The van der Waals surface area contributed by atoms with Gasteiger partial charge < -0.3 is 15.4 Å². The number of benzene rings is 2. The van der Waals surface area contributed by atoms with Gasteiger partial charge in [0.1, 0.15) is 0 Å². The van der Waals surface area contributed by atoms with Gasteiger partial charge in [-0.2, -0.15) is 5.26 Å². The summed E-state index contributed by atoms with van der Waals surface area (Å²) in [6, 6.07) is 18.5. The van der Waals surface area contributed by atoms with Gasteiger partial charge in [0.15, 0.2) is 11.5 Å². The highest BCUT2D eigenvalue weighted by atomic mass is 16.5. The van der Waals surface area contributed by atoms with Gasteiger partial charge >= 0.3 is 5.97 Å². The molecule has 8 heteroatoms. The van der Waals surface area contributed by atoms with Crippen LogP contribution in [0.1, 0.15) is 26.4 Å². The zero-order chi connectivity index (χ0) is 19.9. The van der Waals surface area contributed by atoms with E-state index in [2.05, 4.69) is 20.8 Å². The summed E-state index contributed by atoms with van der Waals surface area (Å²) in [5, 5.41) is 22.3. The van der Waals surface area contributed by atoms with E-state index < -0.39 is 11.9 Å². The number of carbonyl (C=O) groups excluding carboxylic acids is 2. The van der Waals surface area contributed by atoms with Gasteiger partial charge in [0.05, 0.1) is 30.0 Å². The first-order valence-electron chi connectivity index (χ1n) is 8.20. The minimum absolute atomic E-state index is 0.0880. The second-order valence-electron chi connectivity index (χ2n) is 5.61. The molecule has 2 aromatic carbocycles. The first-order valence-corrected chi connectivity index (χ1v) is 8.20. The molecular weight excluding hydrogens is 358 g/mol. The number of nitrogens with one attached hydrogen (secondary N) is 2. The number of anilines is 3. The monoisotopic (exact) mass is 373 g/mol. The van der Waals surface area contributed by atoms with Crippen LogP contribution in [0.5, 0.6) is 0 Å². The van der Waals surface area contributed by atoms with Gasteiger partial charge in [0.25, 0.3) is 5.91 Å². The summed E-state index contributed by atoms with van der Waals surface area (Å²) in [5.74, 6) is -0.617. The van der Waals surface area contributed by atoms with E-state index in [4.69, 9.17) is 10.00 Å². The van der Waals surface area contributed by atoms with Gasteiger partial charge in [-0.3, -0.25) is 4.79 Å². The summed E-state index contributed by atoms with van der Waals surface area (Å²) < 4.78 is 4.71. The van der Waals surface area contributed by atoms with E-state index in [1.54, 1.807) is 54.6 Å². The van der Waals surface area contributed by atoms with Crippen molar-refractivity contribution in [2.24, 2.45) is 0 Å². The maximum absolute atomic E-state index is 12.4. The lowest BCUT2D eigenvalue weighted by Crippen LogP contribution is -2.17. The second kappa shape index (κ2) is 8.42. The van der Waals surface area contributed by atoms with E-state index in [1.165, 1.54) is 13.2 Å². The highest BCUT2D eigenvalue weighted by molar-refractivity contribution is 6.07. The van der Waals surface area contributed by atoms with E-state index in [0.717, 1.165) is 5.69 Å². The number of aromatic nitrogens is 2. The minimum Gasteiger partial charge on any atom is -0.465 e. The molecule has 138 valence electrons. The Kier molecular flexibility index (Phi) is 5.58.